The maximum atomic E-state index is 13.9. The van der Waals surface area contributed by atoms with Gasteiger partial charge in [-0.25, -0.2) is 23.1 Å². The van der Waals surface area contributed by atoms with Crippen LogP contribution < -0.4 is 15.5 Å². The minimum absolute atomic E-state index is 0.0181. The number of halogens is 3. The lowest BCUT2D eigenvalue weighted by molar-refractivity contribution is 0.584. The van der Waals surface area contributed by atoms with Crippen LogP contribution in [0.15, 0.2) is 41.5 Å². The Balaban J connectivity index is 1.64. The summed E-state index contributed by atoms with van der Waals surface area (Å²) in [7, 11) is 0. The molecular formula is C19H22F3N5. The van der Waals surface area contributed by atoms with Crippen molar-refractivity contribution in [3.05, 3.63) is 59.5 Å². The molecular weight excluding hydrogens is 355 g/mol. The van der Waals surface area contributed by atoms with E-state index in [-0.39, 0.29) is 24.0 Å². The van der Waals surface area contributed by atoms with Gasteiger partial charge in [-0.2, -0.15) is 0 Å². The third-order valence-electron chi connectivity index (χ3n) is 4.33. The lowest BCUT2D eigenvalue weighted by atomic mass is 10.2. The number of nitrogens with one attached hydrogen (secondary N) is 2. The lowest BCUT2D eigenvalue weighted by Crippen LogP contribution is -2.44. The van der Waals surface area contributed by atoms with Gasteiger partial charge in [-0.3, -0.25) is 0 Å². The second-order valence-corrected chi connectivity index (χ2v) is 6.32. The molecule has 2 aromatic rings. The normalized spacial score (nSPS) is 17.3. The molecule has 5 nitrogen and oxygen atoms in total. The van der Waals surface area contributed by atoms with Crippen molar-refractivity contribution in [2.45, 2.75) is 25.9 Å². The van der Waals surface area contributed by atoms with Crippen LogP contribution in [0.2, 0.25) is 0 Å². The summed E-state index contributed by atoms with van der Waals surface area (Å²) in [6, 6.07) is 6.31. The van der Waals surface area contributed by atoms with E-state index in [1.54, 1.807) is 12.3 Å². The van der Waals surface area contributed by atoms with Gasteiger partial charge in [0.05, 0.1) is 6.54 Å². The van der Waals surface area contributed by atoms with Gasteiger partial charge in [-0.15, -0.1) is 0 Å². The summed E-state index contributed by atoms with van der Waals surface area (Å²) in [6.07, 6.45) is 2.35. The second-order valence-electron chi connectivity index (χ2n) is 6.32. The van der Waals surface area contributed by atoms with E-state index >= 15 is 0 Å². The number of aromatic nitrogens is 1. The highest BCUT2D eigenvalue weighted by molar-refractivity contribution is 5.80. The van der Waals surface area contributed by atoms with E-state index in [1.165, 1.54) is 6.07 Å². The fourth-order valence-electron chi connectivity index (χ4n) is 3.02. The van der Waals surface area contributed by atoms with Gasteiger partial charge in [-0.1, -0.05) is 0 Å². The van der Waals surface area contributed by atoms with Gasteiger partial charge in [0.25, 0.3) is 0 Å². The first-order valence-corrected chi connectivity index (χ1v) is 8.91. The summed E-state index contributed by atoms with van der Waals surface area (Å²) in [6.45, 7) is 3.81. The molecule has 1 aliphatic rings. The van der Waals surface area contributed by atoms with Crippen molar-refractivity contribution in [1.82, 2.24) is 15.6 Å². The molecule has 2 N–H and O–H groups in total. The summed E-state index contributed by atoms with van der Waals surface area (Å²) < 4.78 is 41.0. The van der Waals surface area contributed by atoms with E-state index in [1.807, 2.05) is 11.8 Å². The van der Waals surface area contributed by atoms with Gasteiger partial charge in [-0.05, 0) is 43.7 Å². The Bertz CT molecular complexity index is 812. The van der Waals surface area contributed by atoms with Crippen LogP contribution in [0.3, 0.4) is 0 Å². The molecule has 0 aliphatic carbocycles. The van der Waals surface area contributed by atoms with Crippen LogP contribution in [0.5, 0.6) is 0 Å². The van der Waals surface area contributed by atoms with Crippen molar-refractivity contribution in [1.29, 1.82) is 0 Å². The van der Waals surface area contributed by atoms with Crippen LogP contribution in [-0.4, -0.2) is 36.6 Å². The van der Waals surface area contributed by atoms with E-state index in [4.69, 9.17) is 0 Å². The van der Waals surface area contributed by atoms with Gasteiger partial charge in [0.2, 0.25) is 0 Å². The molecule has 0 amide bonds. The Hall–Kier alpha value is -2.77. The number of rotatable bonds is 5. The Morgan fingerprint density at radius 2 is 2.11 bits per heavy atom. The highest BCUT2D eigenvalue weighted by atomic mass is 19.1. The summed E-state index contributed by atoms with van der Waals surface area (Å²) in [5.74, 6) is -0.488. The van der Waals surface area contributed by atoms with Crippen LogP contribution in [0.25, 0.3) is 0 Å². The number of aliphatic imine (C=N–C) groups is 1. The van der Waals surface area contributed by atoms with Crippen LogP contribution in [0.4, 0.5) is 19.0 Å². The van der Waals surface area contributed by atoms with Gasteiger partial charge in [0, 0.05) is 37.4 Å². The first-order valence-electron chi connectivity index (χ1n) is 8.91. The average molecular weight is 377 g/mol. The molecule has 1 saturated heterocycles. The van der Waals surface area contributed by atoms with Gasteiger partial charge in [0.1, 0.15) is 11.6 Å². The summed E-state index contributed by atoms with van der Waals surface area (Å²) in [5.41, 5.74) is 0.191. The zero-order valence-electron chi connectivity index (χ0n) is 15.1. The fraction of sp³-hybridized carbons (Fsp3) is 0.368. The SMILES string of the molecule is CCNC(=NCc1cc(F)ccc1F)NC1CCN(c2ncccc2F)C1. The summed E-state index contributed by atoms with van der Waals surface area (Å²) >= 11 is 0. The number of nitrogens with zero attached hydrogens (tertiary/aromatic N) is 3. The lowest BCUT2D eigenvalue weighted by Gasteiger charge is -2.20. The average Bonchev–Trinajstić information content (AvgIpc) is 3.11. The molecule has 0 spiro atoms. The van der Waals surface area contributed by atoms with Crippen LogP contribution in [-0.2, 0) is 6.54 Å². The monoisotopic (exact) mass is 377 g/mol. The maximum absolute atomic E-state index is 13.9. The molecule has 1 aromatic heterocycles. The summed E-state index contributed by atoms with van der Waals surface area (Å²) in [4.78, 5) is 10.3. The van der Waals surface area contributed by atoms with Crippen LogP contribution >= 0.6 is 0 Å². The first-order chi connectivity index (χ1) is 13.1. The highest BCUT2D eigenvalue weighted by Gasteiger charge is 2.25. The molecule has 3 rings (SSSR count). The van der Waals surface area contributed by atoms with Crippen LogP contribution in [0.1, 0.15) is 18.9 Å². The third-order valence-corrected chi connectivity index (χ3v) is 4.33. The maximum Gasteiger partial charge on any atom is 0.191 e. The molecule has 0 bridgehead atoms. The molecule has 1 aliphatic heterocycles. The molecule has 1 atom stereocenters. The van der Waals surface area contributed by atoms with Gasteiger partial charge in [0.15, 0.2) is 17.6 Å². The Labute approximate surface area is 156 Å². The minimum Gasteiger partial charge on any atom is -0.357 e. The third kappa shape index (κ3) is 4.90. The largest absolute Gasteiger partial charge is 0.357 e. The van der Waals surface area contributed by atoms with Gasteiger partial charge < -0.3 is 15.5 Å². The zero-order chi connectivity index (χ0) is 19.2. The second kappa shape index (κ2) is 8.75. The molecule has 1 aromatic carbocycles. The molecule has 0 saturated carbocycles. The Morgan fingerprint density at radius 3 is 2.89 bits per heavy atom. The Kier molecular flexibility index (Phi) is 6.16. The molecule has 1 fully saturated rings. The highest BCUT2D eigenvalue weighted by Crippen LogP contribution is 2.20. The predicted molar refractivity (Wildman–Crippen MR) is 99.1 cm³/mol. The van der Waals surface area contributed by atoms with Crippen molar-refractivity contribution in [3.8, 4) is 0 Å². The molecule has 2 heterocycles. The number of anilines is 1. The molecule has 1 unspecified atom stereocenters. The van der Waals surface area contributed by atoms with Crippen molar-refractivity contribution in [2.24, 2.45) is 4.99 Å². The zero-order valence-corrected chi connectivity index (χ0v) is 15.1. The van der Waals surface area contributed by atoms with E-state index in [0.29, 0.717) is 31.4 Å². The smallest absolute Gasteiger partial charge is 0.191 e. The number of pyridine rings is 1. The van der Waals surface area contributed by atoms with E-state index < -0.39 is 11.6 Å². The van der Waals surface area contributed by atoms with Crippen molar-refractivity contribution >= 4 is 11.8 Å². The number of benzene rings is 1. The fourth-order valence-corrected chi connectivity index (χ4v) is 3.02. The van der Waals surface area contributed by atoms with E-state index in [2.05, 4.69) is 20.6 Å². The van der Waals surface area contributed by atoms with Gasteiger partial charge >= 0.3 is 0 Å². The Morgan fingerprint density at radius 1 is 1.26 bits per heavy atom. The molecule has 144 valence electrons. The van der Waals surface area contributed by atoms with Crippen LogP contribution in [0, 0.1) is 17.5 Å². The van der Waals surface area contributed by atoms with E-state index in [9.17, 15) is 13.2 Å². The standard InChI is InChI=1S/C19H22F3N5/c1-2-23-19(25-11-13-10-14(20)5-6-16(13)21)26-15-7-9-27(12-15)18-17(22)4-3-8-24-18/h3-6,8,10,15H,2,7,9,11-12H2,1H3,(H2,23,25,26). The van der Waals surface area contributed by atoms with Crippen molar-refractivity contribution in [3.63, 3.8) is 0 Å². The predicted octanol–water partition coefficient (Wildman–Crippen LogP) is 2.83. The topological polar surface area (TPSA) is 52.6 Å². The van der Waals surface area contributed by atoms with Crippen molar-refractivity contribution in [2.75, 3.05) is 24.5 Å². The van der Waals surface area contributed by atoms with Crippen molar-refractivity contribution < 1.29 is 13.2 Å². The molecule has 27 heavy (non-hydrogen) atoms. The molecule has 8 heteroatoms. The summed E-state index contributed by atoms with van der Waals surface area (Å²) in [5, 5.41) is 6.37. The number of guanidine groups is 1. The molecule has 0 radical (unpaired) electrons. The van der Waals surface area contributed by atoms with E-state index in [0.717, 1.165) is 24.6 Å². The number of hydrogen-bond acceptors (Lipinski definition) is 3. The first kappa shape index (κ1) is 19.0. The minimum atomic E-state index is -0.497. The number of hydrogen-bond donors (Lipinski definition) is 2. The quantitative estimate of drug-likeness (QED) is 0.622.